The molecular weight excluding hydrogens is 276 g/mol. The zero-order valence-corrected chi connectivity index (χ0v) is 13.6. The first-order valence-electron chi connectivity index (χ1n) is 8.34. The third-order valence-electron chi connectivity index (χ3n) is 4.64. The Morgan fingerprint density at radius 3 is 2.32 bits per heavy atom. The van der Waals surface area contributed by atoms with Gasteiger partial charge in [-0.1, -0.05) is 49.6 Å². The summed E-state index contributed by atoms with van der Waals surface area (Å²) in [5, 5.41) is 0. The van der Waals surface area contributed by atoms with Gasteiger partial charge in [-0.3, -0.25) is 0 Å². The Morgan fingerprint density at radius 1 is 1.05 bits per heavy atom. The summed E-state index contributed by atoms with van der Waals surface area (Å²) in [6, 6.07) is 8.73. The minimum atomic E-state index is -0.739. The van der Waals surface area contributed by atoms with Gasteiger partial charge in [0.25, 0.3) is 0 Å². The zero-order valence-electron chi connectivity index (χ0n) is 13.6. The highest BCUT2D eigenvalue weighted by Crippen LogP contribution is 2.36. The van der Waals surface area contributed by atoms with Crippen LogP contribution >= 0.6 is 0 Å². The van der Waals surface area contributed by atoms with E-state index in [1.165, 1.54) is 37.7 Å². The van der Waals surface area contributed by atoms with Crippen molar-refractivity contribution in [1.29, 1.82) is 0 Å². The predicted molar refractivity (Wildman–Crippen MR) is 86.3 cm³/mol. The van der Waals surface area contributed by atoms with Gasteiger partial charge in [0.15, 0.2) is 5.79 Å². The molecule has 1 aliphatic heterocycles. The minimum Gasteiger partial charge on any atom is -0.337 e. The van der Waals surface area contributed by atoms with Gasteiger partial charge < -0.3 is 4.74 Å². The lowest BCUT2D eigenvalue weighted by atomic mass is 9.83. The first kappa shape index (κ1) is 15.7. The molecule has 1 saturated heterocycles. The van der Waals surface area contributed by atoms with Gasteiger partial charge in [0.2, 0.25) is 0 Å². The van der Waals surface area contributed by atoms with E-state index >= 15 is 0 Å². The quantitative estimate of drug-likeness (QED) is 0.578. The predicted octanol–water partition coefficient (Wildman–Crippen LogP) is 5.04. The molecule has 2 unspecified atom stereocenters. The van der Waals surface area contributed by atoms with Crippen molar-refractivity contribution >= 4 is 0 Å². The van der Waals surface area contributed by atoms with Crippen LogP contribution in [0.15, 0.2) is 36.9 Å². The molecule has 3 nitrogen and oxygen atoms in total. The summed E-state index contributed by atoms with van der Waals surface area (Å²) in [6.45, 7) is 7.53. The number of hydrogen-bond donors (Lipinski definition) is 0. The molecule has 0 bridgehead atoms. The van der Waals surface area contributed by atoms with E-state index in [9.17, 15) is 0 Å². The number of benzene rings is 1. The first-order chi connectivity index (χ1) is 10.6. The van der Waals surface area contributed by atoms with E-state index in [0.717, 1.165) is 11.5 Å². The van der Waals surface area contributed by atoms with Crippen molar-refractivity contribution in [2.45, 2.75) is 69.9 Å². The van der Waals surface area contributed by atoms with Crippen LogP contribution in [0.4, 0.5) is 0 Å². The van der Waals surface area contributed by atoms with Crippen LogP contribution in [0.1, 0.15) is 69.1 Å². The van der Waals surface area contributed by atoms with E-state index in [2.05, 4.69) is 30.8 Å². The second kappa shape index (κ2) is 6.53. The summed E-state index contributed by atoms with van der Waals surface area (Å²) in [4.78, 5) is 10.9. The third-order valence-corrected chi connectivity index (χ3v) is 4.64. The molecule has 0 radical (unpaired) electrons. The summed E-state index contributed by atoms with van der Waals surface area (Å²) in [5.41, 5.74) is 2.51. The van der Waals surface area contributed by atoms with Crippen molar-refractivity contribution in [2.75, 3.05) is 0 Å². The van der Waals surface area contributed by atoms with Crippen molar-refractivity contribution in [3.05, 3.63) is 48.0 Å². The van der Waals surface area contributed by atoms with E-state index in [-0.39, 0.29) is 12.2 Å². The largest absolute Gasteiger partial charge is 0.337 e. The maximum absolute atomic E-state index is 5.87. The van der Waals surface area contributed by atoms with Gasteiger partial charge in [-0.25, -0.2) is 9.78 Å². The molecule has 1 aromatic rings. The lowest BCUT2D eigenvalue weighted by Crippen LogP contribution is -2.42. The smallest absolute Gasteiger partial charge is 0.196 e. The Morgan fingerprint density at radius 2 is 1.68 bits per heavy atom. The molecule has 1 aromatic carbocycles. The van der Waals surface area contributed by atoms with Crippen LogP contribution in [0.25, 0.3) is 0 Å². The molecular formula is C19H26O3. The topological polar surface area (TPSA) is 27.7 Å². The molecule has 1 heterocycles. The molecule has 22 heavy (non-hydrogen) atoms. The number of ether oxygens (including phenoxy) is 1. The molecule has 0 spiro atoms. The maximum atomic E-state index is 5.87. The Hall–Kier alpha value is -1.16. The van der Waals surface area contributed by atoms with Gasteiger partial charge >= 0.3 is 0 Å². The molecule has 2 fully saturated rings. The van der Waals surface area contributed by atoms with E-state index < -0.39 is 5.79 Å². The van der Waals surface area contributed by atoms with Crippen LogP contribution in [-0.2, 0) is 14.5 Å². The molecule has 120 valence electrons. The average molecular weight is 302 g/mol. The molecule has 0 amide bonds. The molecule has 1 aliphatic carbocycles. The summed E-state index contributed by atoms with van der Waals surface area (Å²) in [6.07, 6.45) is 8.04. The van der Waals surface area contributed by atoms with Crippen LogP contribution < -0.4 is 0 Å². The summed E-state index contributed by atoms with van der Waals surface area (Å²) in [7, 11) is 0. The second-order valence-electron chi connectivity index (χ2n) is 6.82. The lowest BCUT2D eigenvalue weighted by molar-refractivity contribution is -0.490. The van der Waals surface area contributed by atoms with Gasteiger partial charge in [0.1, 0.15) is 12.2 Å². The van der Waals surface area contributed by atoms with Crippen LogP contribution in [-0.4, -0.2) is 11.9 Å². The van der Waals surface area contributed by atoms with E-state index in [4.69, 9.17) is 14.5 Å². The molecule has 2 atom stereocenters. The molecule has 0 aromatic heterocycles. The van der Waals surface area contributed by atoms with Crippen molar-refractivity contribution in [3.8, 4) is 0 Å². The van der Waals surface area contributed by atoms with Crippen molar-refractivity contribution in [2.24, 2.45) is 0 Å². The van der Waals surface area contributed by atoms with Gasteiger partial charge in [0.05, 0.1) is 0 Å². The normalized spacial score (nSPS) is 29.2. The highest BCUT2D eigenvalue weighted by Gasteiger charge is 2.37. The second-order valence-corrected chi connectivity index (χ2v) is 6.82. The molecule has 0 N–H and O–H groups in total. The summed E-state index contributed by atoms with van der Waals surface area (Å²) in [5.74, 6) is -0.0195. The highest BCUT2D eigenvalue weighted by molar-refractivity contribution is 5.28. The zero-order chi connectivity index (χ0) is 15.6. The Kier molecular flexibility index (Phi) is 4.67. The summed E-state index contributed by atoms with van der Waals surface area (Å²) >= 11 is 0. The van der Waals surface area contributed by atoms with Crippen LogP contribution in [0.5, 0.6) is 0 Å². The van der Waals surface area contributed by atoms with Crippen LogP contribution in [0.2, 0.25) is 0 Å². The Bertz CT molecular complexity index is 500. The minimum absolute atomic E-state index is 0.204. The standard InChI is InChI=1S/C19H26O3/c1-4-17-18(21-22-19(2,3)20-17)16-12-10-15(11-13-16)14-8-6-5-7-9-14/h4,10-14,17-18H,1,5-9H2,2-3H3. The van der Waals surface area contributed by atoms with Crippen molar-refractivity contribution in [3.63, 3.8) is 0 Å². The Labute approximate surface area is 133 Å². The third kappa shape index (κ3) is 3.43. The van der Waals surface area contributed by atoms with E-state index in [0.29, 0.717) is 0 Å². The van der Waals surface area contributed by atoms with E-state index in [1.54, 1.807) is 6.08 Å². The molecule has 3 heteroatoms. The SMILES string of the molecule is C=CC1OC(C)(C)OOC1c1ccc(C2CCCCC2)cc1. The fraction of sp³-hybridized carbons (Fsp3) is 0.579. The average Bonchev–Trinajstić information content (AvgIpc) is 2.55. The molecule has 2 aliphatic rings. The lowest BCUT2D eigenvalue weighted by Gasteiger charge is -2.38. The van der Waals surface area contributed by atoms with Crippen LogP contribution in [0, 0.1) is 0 Å². The van der Waals surface area contributed by atoms with Gasteiger partial charge in [-0.15, -0.1) is 6.58 Å². The first-order valence-corrected chi connectivity index (χ1v) is 8.34. The molecule has 3 rings (SSSR count). The van der Waals surface area contributed by atoms with Gasteiger partial charge in [0, 0.05) is 0 Å². The fourth-order valence-corrected chi connectivity index (χ4v) is 3.44. The van der Waals surface area contributed by atoms with Crippen molar-refractivity contribution in [1.82, 2.24) is 0 Å². The molecule has 1 saturated carbocycles. The van der Waals surface area contributed by atoms with Gasteiger partial charge in [-0.05, 0) is 43.7 Å². The van der Waals surface area contributed by atoms with Crippen LogP contribution in [0.3, 0.4) is 0 Å². The van der Waals surface area contributed by atoms with Crippen molar-refractivity contribution < 1.29 is 14.5 Å². The van der Waals surface area contributed by atoms with Gasteiger partial charge in [-0.2, -0.15) is 0 Å². The number of rotatable bonds is 3. The number of hydrogen-bond acceptors (Lipinski definition) is 3. The highest BCUT2D eigenvalue weighted by atomic mass is 17.2. The fourth-order valence-electron chi connectivity index (χ4n) is 3.44. The maximum Gasteiger partial charge on any atom is 0.196 e. The Balaban J connectivity index is 1.73. The van der Waals surface area contributed by atoms with E-state index in [1.807, 2.05) is 13.8 Å². The summed E-state index contributed by atoms with van der Waals surface area (Å²) < 4.78 is 5.87. The monoisotopic (exact) mass is 302 g/mol.